The highest BCUT2D eigenvalue weighted by atomic mass is 16.5. The van der Waals surface area contributed by atoms with Crippen LogP contribution in [-0.2, 0) is 0 Å². The van der Waals surface area contributed by atoms with E-state index in [4.69, 9.17) is 4.74 Å². The molecule has 18 heavy (non-hydrogen) atoms. The number of carbonyl (C=O) groups excluding carboxylic acids is 1. The number of aliphatic hydroxyl groups is 1. The van der Waals surface area contributed by atoms with Crippen molar-refractivity contribution in [3.05, 3.63) is 12.5 Å². The van der Waals surface area contributed by atoms with Crippen molar-refractivity contribution in [1.29, 1.82) is 0 Å². The van der Waals surface area contributed by atoms with Crippen LogP contribution in [0.15, 0.2) is 12.5 Å². The summed E-state index contributed by atoms with van der Waals surface area (Å²) in [6.07, 6.45) is 5.38. The van der Waals surface area contributed by atoms with Gasteiger partial charge in [-0.05, 0) is 19.3 Å². The van der Waals surface area contributed by atoms with E-state index in [1.54, 1.807) is 0 Å². The van der Waals surface area contributed by atoms with E-state index in [0.29, 0.717) is 11.6 Å². The number of nitrogens with one attached hydrogen (secondary N) is 2. The van der Waals surface area contributed by atoms with Gasteiger partial charge in [0.1, 0.15) is 6.33 Å². The highest BCUT2D eigenvalue weighted by molar-refractivity contribution is 5.90. The van der Waals surface area contributed by atoms with Crippen molar-refractivity contribution in [2.24, 2.45) is 0 Å². The first-order valence-electron chi connectivity index (χ1n) is 5.73. The summed E-state index contributed by atoms with van der Waals surface area (Å²) in [6, 6.07) is -0.402. The molecule has 1 fully saturated rings. The highest BCUT2D eigenvalue weighted by Gasteiger charge is 2.37. The van der Waals surface area contributed by atoms with Gasteiger partial charge in [-0.25, -0.2) is 14.8 Å². The number of carbonyl (C=O) groups is 1. The SMILES string of the molecule is COc1cncnc1NC(=O)NC1(CO)CCC1. The number of anilines is 1. The number of ether oxygens (including phenoxy) is 1. The van der Waals surface area contributed by atoms with Crippen LogP contribution in [0.5, 0.6) is 5.75 Å². The number of urea groups is 1. The number of aliphatic hydroxyl groups excluding tert-OH is 1. The van der Waals surface area contributed by atoms with Gasteiger partial charge in [0, 0.05) is 0 Å². The van der Waals surface area contributed by atoms with Crippen LogP contribution >= 0.6 is 0 Å². The Balaban J connectivity index is 1.98. The predicted molar refractivity (Wildman–Crippen MR) is 64.4 cm³/mol. The van der Waals surface area contributed by atoms with E-state index in [9.17, 15) is 9.90 Å². The van der Waals surface area contributed by atoms with Crippen LogP contribution in [0.2, 0.25) is 0 Å². The summed E-state index contributed by atoms with van der Waals surface area (Å²) in [5.74, 6) is 0.691. The molecular weight excluding hydrogens is 236 g/mol. The molecule has 1 heterocycles. The molecule has 0 radical (unpaired) electrons. The Morgan fingerprint density at radius 3 is 2.94 bits per heavy atom. The zero-order valence-corrected chi connectivity index (χ0v) is 10.1. The third kappa shape index (κ3) is 2.51. The predicted octanol–water partition coefficient (Wildman–Crippen LogP) is 0.522. The Morgan fingerprint density at radius 1 is 1.61 bits per heavy atom. The molecule has 2 amide bonds. The first-order chi connectivity index (χ1) is 8.69. The van der Waals surface area contributed by atoms with E-state index < -0.39 is 11.6 Å². The minimum Gasteiger partial charge on any atom is -0.491 e. The minimum absolute atomic E-state index is 0.0542. The van der Waals surface area contributed by atoms with Gasteiger partial charge in [-0.3, -0.25) is 5.32 Å². The third-order valence-corrected chi connectivity index (χ3v) is 3.12. The molecule has 7 nitrogen and oxygen atoms in total. The van der Waals surface area contributed by atoms with Gasteiger partial charge >= 0.3 is 6.03 Å². The van der Waals surface area contributed by atoms with E-state index >= 15 is 0 Å². The first-order valence-corrected chi connectivity index (χ1v) is 5.73. The molecule has 7 heteroatoms. The lowest BCUT2D eigenvalue weighted by Gasteiger charge is -2.40. The fourth-order valence-corrected chi connectivity index (χ4v) is 1.87. The number of nitrogens with zero attached hydrogens (tertiary/aromatic N) is 2. The quantitative estimate of drug-likeness (QED) is 0.726. The summed E-state index contributed by atoms with van der Waals surface area (Å²) in [5.41, 5.74) is -0.482. The molecule has 0 spiro atoms. The topological polar surface area (TPSA) is 96.4 Å². The van der Waals surface area contributed by atoms with Crippen molar-refractivity contribution in [2.45, 2.75) is 24.8 Å². The number of amides is 2. The van der Waals surface area contributed by atoms with Crippen LogP contribution in [0.1, 0.15) is 19.3 Å². The fraction of sp³-hybridized carbons (Fsp3) is 0.545. The second-order valence-electron chi connectivity index (χ2n) is 4.31. The van der Waals surface area contributed by atoms with E-state index in [0.717, 1.165) is 19.3 Å². The van der Waals surface area contributed by atoms with Gasteiger partial charge in [-0.1, -0.05) is 0 Å². The van der Waals surface area contributed by atoms with Gasteiger partial charge in [0.2, 0.25) is 0 Å². The maximum absolute atomic E-state index is 11.8. The summed E-state index contributed by atoms with van der Waals surface area (Å²) in [5, 5.41) is 14.6. The van der Waals surface area contributed by atoms with Gasteiger partial charge in [0.15, 0.2) is 11.6 Å². The molecule has 0 bridgehead atoms. The van der Waals surface area contributed by atoms with Crippen LogP contribution < -0.4 is 15.4 Å². The summed E-state index contributed by atoms with van der Waals surface area (Å²) < 4.78 is 5.03. The highest BCUT2D eigenvalue weighted by Crippen LogP contribution is 2.31. The molecule has 0 aliphatic heterocycles. The summed E-state index contributed by atoms with van der Waals surface area (Å²) in [6.45, 7) is -0.0542. The summed E-state index contributed by atoms with van der Waals surface area (Å²) in [7, 11) is 1.48. The normalized spacial score (nSPS) is 16.6. The lowest BCUT2D eigenvalue weighted by Crippen LogP contribution is -2.57. The van der Waals surface area contributed by atoms with E-state index in [1.165, 1.54) is 19.6 Å². The first kappa shape index (κ1) is 12.6. The van der Waals surface area contributed by atoms with Gasteiger partial charge in [0.25, 0.3) is 0 Å². The molecule has 98 valence electrons. The van der Waals surface area contributed by atoms with E-state index in [-0.39, 0.29) is 6.61 Å². The van der Waals surface area contributed by atoms with Crippen LogP contribution in [0.25, 0.3) is 0 Å². The second-order valence-corrected chi connectivity index (χ2v) is 4.31. The molecular formula is C11H16N4O3. The summed E-state index contributed by atoms with van der Waals surface area (Å²) >= 11 is 0. The van der Waals surface area contributed by atoms with Crippen LogP contribution in [0.4, 0.5) is 10.6 Å². The van der Waals surface area contributed by atoms with E-state index in [1.807, 2.05) is 0 Å². The average Bonchev–Trinajstić information content (AvgIpc) is 2.34. The maximum atomic E-state index is 11.8. The fourth-order valence-electron chi connectivity index (χ4n) is 1.87. The molecule has 0 saturated heterocycles. The van der Waals surface area contributed by atoms with Crippen molar-refractivity contribution in [2.75, 3.05) is 19.0 Å². The lowest BCUT2D eigenvalue weighted by molar-refractivity contribution is 0.0983. The Kier molecular flexibility index (Phi) is 3.61. The molecule has 3 N–H and O–H groups in total. The van der Waals surface area contributed by atoms with Gasteiger partial charge in [0.05, 0.1) is 25.5 Å². The molecule has 1 aromatic rings. The van der Waals surface area contributed by atoms with Crippen LogP contribution in [-0.4, -0.2) is 40.4 Å². The van der Waals surface area contributed by atoms with Gasteiger partial charge in [-0.2, -0.15) is 0 Å². The largest absolute Gasteiger partial charge is 0.491 e. The Morgan fingerprint density at radius 2 is 2.39 bits per heavy atom. The number of methoxy groups -OCH3 is 1. The van der Waals surface area contributed by atoms with Crippen molar-refractivity contribution < 1.29 is 14.6 Å². The lowest BCUT2D eigenvalue weighted by atomic mass is 9.77. The standard InChI is InChI=1S/C11H16N4O3/c1-18-8-5-12-7-13-9(8)14-10(17)15-11(6-16)3-2-4-11/h5,7,16H,2-4,6H2,1H3,(H2,12,13,14,15,17). The number of hydrogen-bond acceptors (Lipinski definition) is 5. The molecule has 1 aliphatic carbocycles. The molecule has 1 aliphatic rings. The van der Waals surface area contributed by atoms with Crippen molar-refractivity contribution in [1.82, 2.24) is 15.3 Å². The smallest absolute Gasteiger partial charge is 0.321 e. The monoisotopic (exact) mass is 252 g/mol. The Labute approximate surface area is 105 Å². The van der Waals surface area contributed by atoms with Crippen molar-refractivity contribution in [3.63, 3.8) is 0 Å². The second kappa shape index (κ2) is 5.18. The van der Waals surface area contributed by atoms with Gasteiger partial charge < -0.3 is 15.2 Å². The molecule has 0 atom stereocenters. The Bertz CT molecular complexity index is 429. The Hall–Kier alpha value is -1.89. The van der Waals surface area contributed by atoms with Crippen molar-refractivity contribution in [3.8, 4) is 5.75 Å². The van der Waals surface area contributed by atoms with E-state index in [2.05, 4.69) is 20.6 Å². The minimum atomic E-state index is -0.482. The zero-order chi connectivity index (χ0) is 13.0. The molecule has 1 aromatic heterocycles. The van der Waals surface area contributed by atoms with Crippen LogP contribution in [0.3, 0.4) is 0 Å². The summed E-state index contributed by atoms with van der Waals surface area (Å²) in [4.78, 5) is 19.5. The third-order valence-electron chi connectivity index (χ3n) is 3.12. The average molecular weight is 252 g/mol. The molecule has 1 saturated carbocycles. The van der Waals surface area contributed by atoms with Crippen molar-refractivity contribution >= 4 is 11.8 Å². The maximum Gasteiger partial charge on any atom is 0.321 e. The molecule has 0 aromatic carbocycles. The number of hydrogen-bond donors (Lipinski definition) is 3. The molecule has 2 rings (SSSR count). The van der Waals surface area contributed by atoms with Crippen LogP contribution in [0, 0.1) is 0 Å². The number of rotatable bonds is 4. The number of aromatic nitrogens is 2. The zero-order valence-electron chi connectivity index (χ0n) is 10.1. The van der Waals surface area contributed by atoms with Gasteiger partial charge in [-0.15, -0.1) is 0 Å². The molecule has 0 unspecified atom stereocenters.